The minimum absolute atomic E-state index is 0.591. The topological polar surface area (TPSA) is 21.3 Å². The molecule has 2 unspecified atom stereocenters. The molecule has 2 atom stereocenters. The highest BCUT2D eigenvalue weighted by atomic mass is 16.5. The summed E-state index contributed by atoms with van der Waals surface area (Å²) in [6, 6.07) is 1.22. The lowest BCUT2D eigenvalue weighted by atomic mass is 10.1. The maximum Gasteiger partial charge on any atom is 0.0619 e. The first-order chi connectivity index (χ1) is 7.33. The Hall–Kier alpha value is -0.340. The first kappa shape index (κ1) is 12.7. The van der Waals surface area contributed by atoms with Gasteiger partial charge in [0.1, 0.15) is 0 Å². The Balaban J connectivity index is 2.01. The normalized spacial score (nSPS) is 23.7. The molecule has 0 aliphatic carbocycles. The van der Waals surface area contributed by atoms with Gasteiger partial charge in [-0.1, -0.05) is 12.5 Å². The average Bonchev–Trinajstić information content (AvgIpc) is 2.26. The molecule has 2 nitrogen and oxygen atoms in total. The van der Waals surface area contributed by atoms with Crippen molar-refractivity contribution >= 4 is 0 Å². The van der Waals surface area contributed by atoms with Gasteiger partial charge in [0.15, 0.2) is 0 Å². The van der Waals surface area contributed by atoms with Crippen LogP contribution in [0.4, 0.5) is 0 Å². The van der Waals surface area contributed by atoms with E-state index >= 15 is 0 Å². The van der Waals surface area contributed by atoms with Crippen molar-refractivity contribution in [1.82, 2.24) is 5.32 Å². The quantitative estimate of drug-likeness (QED) is 0.516. The Morgan fingerprint density at radius 3 is 3.07 bits per heavy atom. The molecule has 0 saturated carbocycles. The Morgan fingerprint density at radius 2 is 2.40 bits per heavy atom. The molecule has 1 aliphatic heterocycles. The van der Waals surface area contributed by atoms with Crippen LogP contribution in [0, 0.1) is 0 Å². The fourth-order valence-electron chi connectivity index (χ4n) is 2.10. The lowest BCUT2D eigenvalue weighted by molar-refractivity contribution is 0.0666. The molecule has 88 valence electrons. The molecule has 0 aromatic heterocycles. The third-order valence-electron chi connectivity index (χ3n) is 2.98. The molecule has 1 fully saturated rings. The van der Waals surface area contributed by atoms with Gasteiger partial charge in [-0.05, 0) is 39.0 Å². The summed E-state index contributed by atoms with van der Waals surface area (Å²) in [7, 11) is 0. The number of rotatable bonds is 7. The number of nitrogens with one attached hydrogen (secondary N) is 1. The van der Waals surface area contributed by atoms with Crippen molar-refractivity contribution < 1.29 is 4.74 Å². The van der Waals surface area contributed by atoms with Crippen LogP contribution >= 0.6 is 0 Å². The fourth-order valence-corrected chi connectivity index (χ4v) is 2.10. The van der Waals surface area contributed by atoms with E-state index in [0.29, 0.717) is 12.1 Å². The summed E-state index contributed by atoms with van der Waals surface area (Å²) >= 11 is 0. The summed E-state index contributed by atoms with van der Waals surface area (Å²) in [5.74, 6) is 0. The average molecular weight is 211 g/mol. The smallest absolute Gasteiger partial charge is 0.0619 e. The van der Waals surface area contributed by atoms with Gasteiger partial charge >= 0.3 is 0 Å². The van der Waals surface area contributed by atoms with Gasteiger partial charge in [0.2, 0.25) is 0 Å². The summed E-state index contributed by atoms with van der Waals surface area (Å²) in [4.78, 5) is 0. The molecular formula is C13H25NO. The first-order valence-corrected chi connectivity index (χ1v) is 6.27. The van der Waals surface area contributed by atoms with Crippen molar-refractivity contribution in [1.29, 1.82) is 0 Å². The second kappa shape index (κ2) is 7.89. The second-order valence-corrected chi connectivity index (χ2v) is 4.55. The van der Waals surface area contributed by atoms with Crippen molar-refractivity contribution in [2.45, 2.75) is 57.5 Å². The number of allylic oxidation sites excluding steroid dienone is 1. The van der Waals surface area contributed by atoms with E-state index in [-0.39, 0.29) is 0 Å². The fraction of sp³-hybridized carbons (Fsp3) is 0.846. The van der Waals surface area contributed by atoms with Gasteiger partial charge < -0.3 is 10.1 Å². The van der Waals surface area contributed by atoms with Crippen LogP contribution in [0.2, 0.25) is 0 Å². The maximum absolute atomic E-state index is 5.45. The zero-order chi connectivity index (χ0) is 10.9. The predicted molar refractivity (Wildman–Crippen MR) is 65.1 cm³/mol. The van der Waals surface area contributed by atoms with Crippen molar-refractivity contribution in [3.63, 3.8) is 0 Å². The number of unbranched alkanes of at least 4 members (excludes halogenated alkanes) is 2. The molecule has 0 aromatic carbocycles. The number of ether oxygens (including phenoxy) is 1. The van der Waals surface area contributed by atoms with Crippen LogP contribution in [0.3, 0.4) is 0 Å². The van der Waals surface area contributed by atoms with Crippen molar-refractivity contribution in [3.8, 4) is 0 Å². The molecule has 1 saturated heterocycles. The van der Waals surface area contributed by atoms with Crippen LogP contribution in [0.5, 0.6) is 0 Å². The van der Waals surface area contributed by atoms with Crippen LogP contribution in [0.25, 0.3) is 0 Å². The molecule has 0 spiro atoms. The highest BCUT2D eigenvalue weighted by molar-refractivity contribution is 4.74. The van der Waals surface area contributed by atoms with Crippen LogP contribution in [0.1, 0.15) is 45.4 Å². The van der Waals surface area contributed by atoms with Crippen LogP contribution < -0.4 is 5.32 Å². The maximum atomic E-state index is 5.45. The van der Waals surface area contributed by atoms with Crippen LogP contribution in [-0.2, 0) is 4.74 Å². The molecule has 0 aromatic rings. The third-order valence-corrected chi connectivity index (χ3v) is 2.98. The van der Waals surface area contributed by atoms with Crippen molar-refractivity contribution in [2.24, 2.45) is 0 Å². The standard InChI is InChI=1S/C13H25NO/c1-3-4-5-6-8-12(2)14-13-9-7-10-15-11-13/h3,12-14H,1,4-11H2,2H3. The van der Waals surface area contributed by atoms with Crippen LogP contribution in [0.15, 0.2) is 12.7 Å². The summed E-state index contributed by atoms with van der Waals surface area (Å²) in [6.45, 7) is 7.87. The molecule has 1 heterocycles. The minimum atomic E-state index is 0.591. The molecule has 1 aliphatic rings. The second-order valence-electron chi connectivity index (χ2n) is 4.55. The van der Waals surface area contributed by atoms with Crippen LogP contribution in [-0.4, -0.2) is 25.3 Å². The molecule has 2 heteroatoms. The molecule has 1 N–H and O–H groups in total. The SMILES string of the molecule is C=CCCCCC(C)NC1CCCOC1. The van der Waals surface area contributed by atoms with E-state index in [1.807, 2.05) is 6.08 Å². The first-order valence-electron chi connectivity index (χ1n) is 6.27. The van der Waals surface area contributed by atoms with E-state index in [1.54, 1.807) is 0 Å². The Bertz CT molecular complexity index is 164. The monoisotopic (exact) mass is 211 g/mol. The van der Waals surface area contributed by atoms with E-state index in [0.717, 1.165) is 19.6 Å². The number of hydrogen-bond acceptors (Lipinski definition) is 2. The van der Waals surface area contributed by atoms with E-state index in [4.69, 9.17) is 4.74 Å². The third kappa shape index (κ3) is 5.95. The summed E-state index contributed by atoms with van der Waals surface area (Å²) in [5.41, 5.74) is 0. The largest absolute Gasteiger partial charge is 0.380 e. The zero-order valence-electron chi connectivity index (χ0n) is 10.0. The number of hydrogen-bond donors (Lipinski definition) is 1. The van der Waals surface area contributed by atoms with E-state index < -0.39 is 0 Å². The minimum Gasteiger partial charge on any atom is -0.380 e. The van der Waals surface area contributed by atoms with Gasteiger partial charge in [-0.3, -0.25) is 0 Å². The van der Waals surface area contributed by atoms with Gasteiger partial charge in [0.05, 0.1) is 6.61 Å². The molecule has 1 rings (SSSR count). The molecule has 0 bridgehead atoms. The molecule has 0 amide bonds. The lowest BCUT2D eigenvalue weighted by Gasteiger charge is -2.26. The lowest BCUT2D eigenvalue weighted by Crippen LogP contribution is -2.41. The van der Waals surface area contributed by atoms with Gasteiger partial charge in [-0.2, -0.15) is 0 Å². The highest BCUT2D eigenvalue weighted by Gasteiger charge is 2.15. The summed E-state index contributed by atoms with van der Waals surface area (Å²) in [6.07, 6.45) is 9.49. The Morgan fingerprint density at radius 1 is 1.53 bits per heavy atom. The summed E-state index contributed by atoms with van der Waals surface area (Å²) < 4.78 is 5.45. The van der Waals surface area contributed by atoms with Crippen molar-refractivity contribution in [3.05, 3.63) is 12.7 Å². The van der Waals surface area contributed by atoms with E-state index in [2.05, 4.69) is 18.8 Å². The molecule has 15 heavy (non-hydrogen) atoms. The Labute approximate surface area is 94.1 Å². The predicted octanol–water partition coefficient (Wildman–Crippen LogP) is 2.89. The van der Waals surface area contributed by atoms with E-state index in [1.165, 1.54) is 32.1 Å². The Kier molecular flexibility index (Phi) is 6.69. The molecular weight excluding hydrogens is 186 g/mol. The highest BCUT2D eigenvalue weighted by Crippen LogP contribution is 2.09. The van der Waals surface area contributed by atoms with Crippen molar-refractivity contribution in [2.75, 3.05) is 13.2 Å². The molecule has 0 radical (unpaired) electrons. The van der Waals surface area contributed by atoms with Gasteiger partial charge in [0.25, 0.3) is 0 Å². The van der Waals surface area contributed by atoms with Gasteiger partial charge in [-0.15, -0.1) is 6.58 Å². The van der Waals surface area contributed by atoms with Gasteiger partial charge in [0, 0.05) is 18.7 Å². The zero-order valence-corrected chi connectivity index (χ0v) is 10.0. The van der Waals surface area contributed by atoms with Gasteiger partial charge in [-0.25, -0.2) is 0 Å². The summed E-state index contributed by atoms with van der Waals surface area (Å²) in [5, 5.41) is 3.64. The van der Waals surface area contributed by atoms with E-state index in [9.17, 15) is 0 Å².